The zero-order valence-electron chi connectivity index (χ0n) is 15.0. The minimum atomic E-state index is 0.390. The number of nitrogens with two attached hydrogens (primary N) is 1. The molecule has 26 heavy (non-hydrogen) atoms. The molecule has 4 rings (SSSR count). The zero-order valence-corrected chi connectivity index (χ0v) is 16.5. The van der Waals surface area contributed by atoms with Crippen molar-refractivity contribution in [3.05, 3.63) is 34.4 Å². The number of benzene rings is 1. The SMILES string of the molecule is CC1CCCC12CCN(c1cnc(-c3cccc(Cl)c3Cl)c(N)n1)CC2. The molecule has 1 unspecified atom stereocenters. The Labute approximate surface area is 164 Å². The predicted octanol–water partition coefficient (Wildman–Crippen LogP) is 5.44. The molecular weight excluding hydrogens is 367 g/mol. The standard InChI is InChI=1S/C20H24Cl2N4/c1-13-4-3-7-20(13)8-10-26(11-9-20)16-12-24-18(19(23)25-16)14-5-2-6-15(21)17(14)22/h2,5-6,12-13H,3-4,7-11H2,1H3,(H2,23,25). The first kappa shape index (κ1) is 17.9. The average molecular weight is 391 g/mol. The molecule has 0 amide bonds. The number of nitrogen functional groups attached to an aromatic ring is 1. The third kappa shape index (κ3) is 3.03. The summed E-state index contributed by atoms with van der Waals surface area (Å²) in [7, 11) is 0. The molecule has 0 radical (unpaired) electrons. The molecule has 1 saturated heterocycles. The number of hydrogen-bond donors (Lipinski definition) is 1. The highest BCUT2D eigenvalue weighted by Crippen LogP contribution is 2.50. The maximum Gasteiger partial charge on any atom is 0.152 e. The maximum absolute atomic E-state index is 6.31. The van der Waals surface area contributed by atoms with Crippen LogP contribution in [-0.4, -0.2) is 23.1 Å². The molecule has 2 aliphatic rings. The van der Waals surface area contributed by atoms with Crippen LogP contribution in [0.4, 0.5) is 11.6 Å². The molecule has 6 heteroatoms. The number of halogens is 2. The van der Waals surface area contributed by atoms with Crippen LogP contribution in [0.5, 0.6) is 0 Å². The van der Waals surface area contributed by atoms with Crippen molar-refractivity contribution in [1.82, 2.24) is 9.97 Å². The first-order valence-electron chi connectivity index (χ1n) is 9.32. The summed E-state index contributed by atoms with van der Waals surface area (Å²) in [5, 5.41) is 0.944. The fraction of sp³-hybridized carbons (Fsp3) is 0.500. The van der Waals surface area contributed by atoms with Crippen molar-refractivity contribution >= 4 is 34.8 Å². The lowest BCUT2D eigenvalue weighted by atomic mass is 9.71. The van der Waals surface area contributed by atoms with Gasteiger partial charge in [-0.15, -0.1) is 0 Å². The molecule has 2 heterocycles. The molecule has 1 atom stereocenters. The summed E-state index contributed by atoms with van der Waals surface area (Å²) < 4.78 is 0. The second-order valence-electron chi connectivity index (χ2n) is 7.71. The summed E-state index contributed by atoms with van der Waals surface area (Å²) in [6, 6.07) is 5.45. The fourth-order valence-corrected chi connectivity index (χ4v) is 5.07. The van der Waals surface area contributed by atoms with Crippen molar-refractivity contribution in [1.29, 1.82) is 0 Å². The van der Waals surface area contributed by atoms with E-state index in [1.807, 2.05) is 12.1 Å². The van der Waals surface area contributed by atoms with E-state index in [9.17, 15) is 0 Å². The molecule has 2 aromatic rings. The minimum absolute atomic E-state index is 0.390. The monoisotopic (exact) mass is 390 g/mol. The van der Waals surface area contributed by atoms with Crippen LogP contribution in [0.3, 0.4) is 0 Å². The van der Waals surface area contributed by atoms with Gasteiger partial charge in [0, 0.05) is 18.7 Å². The van der Waals surface area contributed by atoms with Crippen LogP contribution < -0.4 is 10.6 Å². The van der Waals surface area contributed by atoms with E-state index in [1.165, 1.54) is 32.1 Å². The van der Waals surface area contributed by atoms with Gasteiger partial charge in [0.2, 0.25) is 0 Å². The minimum Gasteiger partial charge on any atom is -0.382 e. The Morgan fingerprint density at radius 3 is 2.62 bits per heavy atom. The van der Waals surface area contributed by atoms with Gasteiger partial charge < -0.3 is 10.6 Å². The third-order valence-corrected chi connectivity index (χ3v) is 7.25. The lowest BCUT2D eigenvalue weighted by Gasteiger charge is -2.42. The van der Waals surface area contributed by atoms with Gasteiger partial charge in [0.1, 0.15) is 11.5 Å². The van der Waals surface area contributed by atoms with E-state index >= 15 is 0 Å². The van der Waals surface area contributed by atoms with Crippen molar-refractivity contribution in [2.75, 3.05) is 23.7 Å². The van der Waals surface area contributed by atoms with Crippen LogP contribution in [-0.2, 0) is 0 Å². The Morgan fingerprint density at radius 1 is 1.19 bits per heavy atom. The highest BCUT2D eigenvalue weighted by atomic mass is 35.5. The predicted molar refractivity (Wildman–Crippen MR) is 109 cm³/mol. The molecular formula is C20H24Cl2N4. The van der Waals surface area contributed by atoms with E-state index in [2.05, 4.69) is 21.8 Å². The summed E-state index contributed by atoms with van der Waals surface area (Å²) in [6.07, 6.45) is 8.40. The summed E-state index contributed by atoms with van der Waals surface area (Å²) in [5.74, 6) is 2.08. The normalized spacial score (nSPS) is 22.1. The zero-order chi connectivity index (χ0) is 18.3. The van der Waals surface area contributed by atoms with Crippen molar-refractivity contribution < 1.29 is 0 Å². The van der Waals surface area contributed by atoms with Crippen LogP contribution in [0, 0.1) is 11.3 Å². The number of hydrogen-bond acceptors (Lipinski definition) is 4. The molecule has 1 aromatic carbocycles. The van der Waals surface area contributed by atoms with Crippen molar-refractivity contribution in [2.45, 2.75) is 39.0 Å². The van der Waals surface area contributed by atoms with Gasteiger partial charge in [-0.1, -0.05) is 55.1 Å². The first-order valence-corrected chi connectivity index (χ1v) is 10.1. The molecule has 1 aliphatic heterocycles. The van der Waals surface area contributed by atoms with Gasteiger partial charge in [0.15, 0.2) is 5.82 Å². The molecule has 1 spiro atoms. The van der Waals surface area contributed by atoms with Crippen molar-refractivity contribution in [3.8, 4) is 11.3 Å². The van der Waals surface area contributed by atoms with Gasteiger partial charge in [-0.05, 0) is 36.7 Å². The number of piperidine rings is 1. The second kappa shape index (κ2) is 6.90. The van der Waals surface area contributed by atoms with Gasteiger partial charge in [0.25, 0.3) is 0 Å². The molecule has 1 saturated carbocycles. The van der Waals surface area contributed by atoms with E-state index in [-0.39, 0.29) is 0 Å². The van der Waals surface area contributed by atoms with Crippen LogP contribution in [0.25, 0.3) is 11.3 Å². The summed E-state index contributed by atoms with van der Waals surface area (Å²) in [4.78, 5) is 11.5. The van der Waals surface area contributed by atoms with Crippen LogP contribution >= 0.6 is 23.2 Å². The Balaban J connectivity index is 1.55. The quantitative estimate of drug-likeness (QED) is 0.741. The number of aromatic nitrogens is 2. The summed E-state index contributed by atoms with van der Waals surface area (Å²) in [6.45, 7) is 4.47. The van der Waals surface area contributed by atoms with Crippen LogP contribution in [0.15, 0.2) is 24.4 Å². The van der Waals surface area contributed by atoms with E-state index in [0.717, 1.165) is 24.8 Å². The molecule has 138 valence electrons. The number of anilines is 2. The Bertz CT molecular complexity index is 815. The molecule has 1 aliphatic carbocycles. The third-order valence-electron chi connectivity index (χ3n) is 6.43. The number of rotatable bonds is 2. The number of nitrogens with zero attached hydrogens (tertiary/aromatic N) is 3. The fourth-order valence-electron chi connectivity index (χ4n) is 4.68. The van der Waals surface area contributed by atoms with Crippen molar-refractivity contribution in [2.24, 2.45) is 11.3 Å². The molecule has 4 nitrogen and oxygen atoms in total. The van der Waals surface area contributed by atoms with Gasteiger partial charge in [-0.3, -0.25) is 0 Å². The van der Waals surface area contributed by atoms with Crippen LogP contribution in [0.2, 0.25) is 10.0 Å². The Morgan fingerprint density at radius 2 is 1.96 bits per heavy atom. The van der Waals surface area contributed by atoms with Gasteiger partial charge in [-0.2, -0.15) is 0 Å². The highest BCUT2D eigenvalue weighted by Gasteiger charge is 2.42. The van der Waals surface area contributed by atoms with E-state index in [4.69, 9.17) is 28.9 Å². The second-order valence-corrected chi connectivity index (χ2v) is 8.49. The summed E-state index contributed by atoms with van der Waals surface area (Å²) >= 11 is 12.4. The first-order chi connectivity index (χ1) is 12.5. The largest absolute Gasteiger partial charge is 0.382 e. The van der Waals surface area contributed by atoms with Crippen LogP contribution in [0.1, 0.15) is 39.0 Å². The average Bonchev–Trinajstić information content (AvgIpc) is 2.98. The lowest BCUT2D eigenvalue weighted by molar-refractivity contribution is 0.161. The van der Waals surface area contributed by atoms with E-state index in [1.54, 1.807) is 12.3 Å². The van der Waals surface area contributed by atoms with Gasteiger partial charge in [-0.25, -0.2) is 9.97 Å². The molecule has 1 aromatic heterocycles. The molecule has 2 N–H and O–H groups in total. The maximum atomic E-state index is 6.31. The Kier molecular flexibility index (Phi) is 4.74. The summed E-state index contributed by atoms with van der Waals surface area (Å²) in [5.41, 5.74) is 8.06. The smallest absolute Gasteiger partial charge is 0.152 e. The van der Waals surface area contributed by atoms with Gasteiger partial charge in [0.05, 0.1) is 16.2 Å². The molecule has 2 fully saturated rings. The highest BCUT2D eigenvalue weighted by molar-refractivity contribution is 6.43. The van der Waals surface area contributed by atoms with E-state index < -0.39 is 0 Å². The van der Waals surface area contributed by atoms with Crippen molar-refractivity contribution in [3.63, 3.8) is 0 Å². The Hall–Kier alpha value is -1.52. The van der Waals surface area contributed by atoms with Gasteiger partial charge >= 0.3 is 0 Å². The molecule has 0 bridgehead atoms. The lowest BCUT2D eigenvalue weighted by Crippen LogP contribution is -2.41. The topological polar surface area (TPSA) is 55.0 Å². The van der Waals surface area contributed by atoms with E-state index in [0.29, 0.717) is 32.5 Å².